The summed E-state index contributed by atoms with van der Waals surface area (Å²) in [5.74, 6) is -1.37. The van der Waals surface area contributed by atoms with Crippen LogP contribution in [-0.4, -0.2) is 43.7 Å². The molecule has 6 heteroatoms. The van der Waals surface area contributed by atoms with Crippen LogP contribution in [0.4, 0.5) is 8.78 Å². The molecule has 4 nitrogen and oxygen atoms in total. The lowest BCUT2D eigenvalue weighted by Crippen LogP contribution is -2.48. The number of amides is 1. The van der Waals surface area contributed by atoms with E-state index < -0.39 is 17.7 Å². The Labute approximate surface area is 110 Å². The molecule has 0 aliphatic carbocycles. The molecular weight excluding hydrogens is 254 g/mol. The normalized spacial score (nSPS) is 20.3. The summed E-state index contributed by atoms with van der Waals surface area (Å²) in [4.78, 5) is 13.4. The number of nitrogens with one attached hydrogen (secondary N) is 1. The highest BCUT2D eigenvalue weighted by Crippen LogP contribution is 2.13. The first kappa shape index (κ1) is 13.9. The number of benzene rings is 1. The van der Waals surface area contributed by atoms with Gasteiger partial charge in [-0.1, -0.05) is 0 Å². The molecule has 1 unspecified atom stereocenters. The highest BCUT2D eigenvalue weighted by Gasteiger charge is 2.25. The van der Waals surface area contributed by atoms with Gasteiger partial charge in [-0.3, -0.25) is 9.69 Å². The van der Waals surface area contributed by atoms with Crippen molar-refractivity contribution in [3.63, 3.8) is 0 Å². The van der Waals surface area contributed by atoms with Gasteiger partial charge < -0.3 is 10.1 Å². The van der Waals surface area contributed by atoms with Crippen LogP contribution in [0.15, 0.2) is 18.2 Å². The zero-order valence-corrected chi connectivity index (χ0v) is 10.7. The number of nitrogens with zero attached hydrogens (tertiary/aromatic N) is 1. The molecule has 1 saturated heterocycles. The minimum Gasteiger partial charge on any atom is -0.366 e. The molecule has 0 bridgehead atoms. The van der Waals surface area contributed by atoms with Crippen molar-refractivity contribution in [3.05, 3.63) is 35.4 Å². The maximum absolute atomic E-state index is 13.1. The van der Waals surface area contributed by atoms with E-state index in [4.69, 9.17) is 4.74 Å². The van der Waals surface area contributed by atoms with E-state index in [2.05, 4.69) is 5.32 Å². The zero-order valence-electron chi connectivity index (χ0n) is 10.7. The van der Waals surface area contributed by atoms with E-state index in [-0.39, 0.29) is 5.91 Å². The lowest BCUT2D eigenvalue weighted by molar-refractivity contribution is -0.138. The molecule has 1 fully saturated rings. The first-order chi connectivity index (χ1) is 9.08. The fourth-order valence-corrected chi connectivity index (χ4v) is 2.13. The number of halogens is 2. The summed E-state index contributed by atoms with van der Waals surface area (Å²) >= 11 is 0. The zero-order chi connectivity index (χ0) is 13.8. The van der Waals surface area contributed by atoms with Gasteiger partial charge in [0.25, 0.3) is 0 Å². The molecule has 1 aromatic carbocycles. The summed E-state index contributed by atoms with van der Waals surface area (Å²) < 4.78 is 31.5. The van der Waals surface area contributed by atoms with Crippen molar-refractivity contribution in [1.29, 1.82) is 0 Å². The number of hydrogen-bond donors (Lipinski definition) is 1. The minimum atomic E-state index is -0.592. The first-order valence-corrected chi connectivity index (χ1v) is 6.09. The van der Waals surface area contributed by atoms with Crippen LogP contribution in [0.3, 0.4) is 0 Å². The van der Waals surface area contributed by atoms with Crippen LogP contribution in [-0.2, 0) is 16.1 Å². The molecule has 104 valence electrons. The number of likely N-dealkylation sites (N-methyl/N-ethyl adjacent to an activating group) is 1. The summed E-state index contributed by atoms with van der Waals surface area (Å²) in [6, 6.07) is 3.44. The number of carbonyl (C=O) groups excluding carboxylic acids is 1. The second-order valence-electron chi connectivity index (χ2n) is 4.49. The lowest BCUT2D eigenvalue weighted by Gasteiger charge is -2.31. The van der Waals surface area contributed by atoms with Gasteiger partial charge in [0, 0.05) is 32.7 Å². The quantitative estimate of drug-likeness (QED) is 0.887. The van der Waals surface area contributed by atoms with Gasteiger partial charge in [0.1, 0.15) is 17.7 Å². The summed E-state index contributed by atoms with van der Waals surface area (Å²) in [5.41, 5.74) is 0.551. The summed E-state index contributed by atoms with van der Waals surface area (Å²) in [5, 5.41) is 2.53. The number of carbonyl (C=O) groups is 1. The molecule has 2 rings (SSSR count). The molecule has 1 aromatic rings. The summed E-state index contributed by atoms with van der Waals surface area (Å²) in [7, 11) is 1.55. The highest BCUT2D eigenvalue weighted by atomic mass is 19.1. The molecule has 1 heterocycles. The van der Waals surface area contributed by atoms with Crippen LogP contribution in [0.2, 0.25) is 0 Å². The van der Waals surface area contributed by atoms with Gasteiger partial charge >= 0.3 is 0 Å². The first-order valence-electron chi connectivity index (χ1n) is 6.09. The van der Waals surface area contributed by atoms with Gasteiger partial charge in [0.15, 0.2) is 0 Å². The second-order valence-corrected chi connectivity index (χ2v) is 4.49. The van der Waals surface area contributed by atoms with E-state index in [0.29, 0.717) is 31.8 Å². The minimum absolute atomic E-state index is 0.185. The van der Waals surface area contributed by atoms with Crippen LogP contribution in [0, 0.1) is 11.6 Å². The van der Waals surface area contributed by atoms with Crippen molar-refractivity contribution in [2.75, 3.05) is 26.7 Å². The Morgan fingerprint density at radius 2 is 2.11 bits per heavy atom. The predicted octanol–water partition coefficient (Wildman–Crippen LogP) is 0.912. The Balaban J connectivity index is 2.00. The van der Waals surface area contributed by atoms with Crippen molar-refractivity contribution >= 4 is 5.91 Å². The van der Waals surface area contributed by atoms with Gasteiger partial charge in [0.05, 0.1) is 6.61 Å². The van der Waals surface area contributed by atoms with Gasteiger partial charge in [-0.05, 0) is 17.7 Å². The number of ether oxygens (including phenoxy) is 1. The van der Waals surface area contributed by atoms with Crippen LogP contribution in [0.25, 0.3) is 0 Å². The Morgan fingerprint density at radius 1 is 1.42 bits per heavy atom. The third-order valence-corrected chi connectivity index (χ3v) is 3.02. The number of hydrogen-bond acceptors (Lipinski definition) is 3. The molecule has 0 saturated carbocycles. The second kappa shape index (κ2) is 6.08. The highest BCUT2D eigenvalue weighted by molar-refractivity contribution is 5.80. The average Bonchev–Trinajstić information content (AvgIpc) is 2.37. The summed E-state index contributed by atoms with van der Waals surface area (Å²) in [6.07, 6.45) is -0.530. The Kier molecular flexibility index (Phi) is 4.44. The van der Waals surface area contributed by atoms with Gasteiger partial charge in [-0.25, -0.2) is 8.78 Å². The SMILES string of the molecule is CNC(=O)C1CN(Cc2cc(F)cc(F)c2)CCO1. The molecule has 1 aliphatic heterocycles. The van der Waals surface area contributed by atoms with Crippen molar-refractivity contribution < 1.29 is 18.3 Å². The van der Waals surface area contributed by atoms with Crippen LogP contribution in [0.1, 0.15) is 5.56 Å². The maximum Gasteiger partial charge on any atom is 0.250 e. The van der Waals surface area contributed by atoms with Crippen LogP contribution in [0.5, 0.6) is 0 Å². The molecule has 1 amide bonds. The van der Waals surface area contributed by atoms with E-state index in [0.717, 1.165) is 6.07 Å². The Bertz CT molecular complexity index is 448. The summed E-state index contributed by atoms with van der Waals surface area (Å²) in [6.45, 7) is 1.87. The topological polar surface area (TPSA) is 41.6 Å². The fraction of sp³-hybridized carbons (Fsp3) is 0.462. The molecule has 1 atom stereocenters. The van der Waals surface area contributed by atoms with Crippen molar-refractivity contribution in [2.24, 2.45) is 0 Å². The van der Waals surface area contributed by atoms with E-state index in [9.17, 15) is 13.6 Å². The van der Waals surface area contributed by atoms with E-state index in [1.807, 2.05) is 4.90 Å². The van der Waals surface area contributed by atoms with Crippen molar-refractivity contribution in [2.45, 2.75) is 12.6 Å². The number of morpholine rings is 1. The molecule has 0 aromatic heterocycles. The smallest absolute Gasteiger partial charge is 0.250 e. The number of rotatable bonds is 3. The molecule has 0 radical (unpaired) electrons. The lowest BCUT2D eigenvalue weighted by atomic mass is 10.1. The molecule has 19 heavy (non-hydrogen) atoms. The van der Waals surface area contributed by atoms with E-state index in [1.54, 1.807) is 7.05 Å². The average molecular weight is 270 g/mol. The monoisotopic (exact) mass is 270 g/mol. The van der Waals surface area contributed by atoms with Gasteiger partial charge in [-0.2, -0.15) is 0 Å². The Hall–Kier alpha value is -1.53. The van der Waals surface area contributed by atoms with E-state index in [1.165, 1.54) is 12.1 Å². The molecule has 1 aliphatic rings. The van der Waals surface area contributed by atoms with Crippen molar-refractivity contribution in [1.82, 2.24) is 10.2 Å². The van der Waals surface area contributed by atoms with Crippen LogP contribution < -0.4 is 5.32 Å². The van der Waals surface area contributed by atoms with Gasteiger partial charge in [-0.15, -0.1) is 0 Å². The predicted molar refractivity (Wildman–Crippen MR) is 65.4 cm³/mol. The fourth-order valence-electron chi connectivity index (χ4n) is 2.13. The Morgan fingerprint density at radius 3 is 2.74 bits per heavy atom. The van der Waals surface area contributed by atoms with Crippen LogP contribution >= 0.6 is 0 Å². The maximum atomic E-state index is 13.1. The molecule has 1 N–H and O–H groups in total. The largest absolute Gasteiger partial charge is 0.366 e. The third kappa shape index (κ3) is 3.71. The molecule has 0 spiro atoms. The third-order valence-electron chi connectivity index (χ3n) is 3.02. The molecular formula is C13H16F2N2O2. The standard InChI is InChI=1S/C13H16F2N2O2/c1-16-13(18)12-8-17(2-3-19-12)7-9-4-10(14)6-11(15)5-9/h4-6,12H,2-3,7-8H2,1H3,(H,16,18). The van der Waals surface area contributed by atoms with Crippen molar-refractivity contribution in [3.8, 4) is 0 Å². The van der Waals surface area contributed by atoms with E-state index >= 15 is 0 Å². The van der Waals surface area contributed by atoms with Gasteiger partial charge in [0.2, 0.25) is 5.91 Å².